The minimum Gasteiger partial charge on any atom is -0.493 e. The molecule has 36 heavy (non-hydrogen) atoms. The van der Waals surface area contributed by atoms with Gasteiger partial charge < -0.3 is 9.47 Å². The molecule has 0 fully saturated rings. The zero-order valence-corrected chi connectivity index (χ0v) is 22.4. The van der Waals surface area contributed by atoms with Gasteiger partial charge in [0.05, 0.1) is 24.6 Å². The predicted molar refractivity (Wildman–Crippen MR) is 145 cm³/mol. The Kier molecular flexibility index (Phi) is 5.67. The summed E-state index contributed by atoms with van der Waals surface area (Å²) in [6.45, 7) is 8.53. The zero-order chi connectivity index (χ0) is 25.9. The molecule has 0 atom stereocenters. The van der Waals surface area contributed by atoms with Gasteiger partial charge in [-0.05, 0) is 75.1 Å². The number of hydrogen-bond acceptors (Lipinski definition) is 5. The molecule has 2 aliphatic rings. The second kappa shape index (κ2) is 8.37. The fraction of sp³-hybridized carbons (Fsp3) is 0.345. The Morgan fingerprint density at radius 1 is 0.944 bits per heavy atom. The molecular weight excluding hydrogens is 472 g/mol. The number of ether oxygens (including phenoxy) is 2. The lowest BCUT2D eigenvalue weighted by Crippen LogP contribution is -2.30. The number of nitrogens with zero attached hydrogens (tertiary/aromatic N) is 1. The van der Waals surface area contributed by atoms with Crippen molar-refractivity contribution in [3.8, 4) is 22.6 Å². The molecule has 0 aliphatic carbocycles. The number of anilines is 1. The molecule has 0 bridgehead atoms. The Balaban J connectivity index is 1.61. The van der Waals surface area contributed by atoms with Crippen molar-refractivity contribution in [3.05, 3.63) is 76.9 Å². The van der Waals surface area contributed by atoms with E-state index in [1.54, 1.807) is 19.2 Å². The molecule has 0 unspecified atom stereocenters. The molecule has 2 heterocycles. The molecular formula is C29H32N2O4S. The van der Waals surface area contributed by atoms with Gasteiger partial charge in [0.15, 0.2) is 11.5 Å². The van der Waals surface area contributed by atoms with Crippen molar-refractivity contribution in [2.24, 2.45) is 4.99 Å². The first-order chi connectivity index (χ1) is 16.8. The van der Waals surface area contributed by atoms with E-state index in [2.05, 4.69) is 56.7 Å². The maximum absolute atomic E-state index is 11.5. The Hall–Kier alpha value is -3.32. The lowest BCUT2D eigenvalue weighted by Gasteiger charge is -2.31. The predicted octanol–water partition coefficient (Wildman–Crippen LogP) is 5.62. The number of sulfonamides is 1. The van der Waals surface area contributed by atoms with Gasteiger partial charge in [0, 0.05) is 28.8 Å². The molecule has 3 aromatic rings. The van der Waals surface area contributed by atoms with Gasteiger partial charge >= 0.3 is 0 Å². The van der Waals surface area contributed by atoms with Crippen LogP contribution in [0.3, 0.4) is 0 Å². The minimum atomic E-state index is -3.32. The summed E-state index contributed by atoms with van der Waals surface area (Å²) in [6.07, 6.45) is 2.76. The number of benzene rings is 3. The van der Waals surface area contributed by atoms with Crippen LogP contribution >= 0.6 is 0 Å². The van der Waals surface area contributed by atoms with Crippen LogP contribution in [0.1, 0.15) is 49.9 Å². The van der Waals surface area contributed by atoms with Crippen molar-refractivity contribution in [2.75, 3.05) is 18.1 Å². The van der Waals surface area contributed by atoms with Crippen molar-refractivity contribution in [1.29, 1.82) is 0 Å². The Labute approximate surface area is 213 Å². The van der Waals surface area contributed by atoms with Crippen LogP contribution in [0.15, 0.2) is 59.6 Å². The topological polar surface area (TPSA) is 77.0 Å². The fourth-order valence-corrected chi connectivity index (χ4v) is 5.78. The third-order valence-electron chi connectivity index (χ3n) is 6.56. The molecule has 0 amide bonds. The summed E-state index contributed by atoms with van der Waals surface area (Å²) in [6, 6.07) is 17.9. The number of aliphatic imine (C=N–C) groups is 1. The van der Waals surface area contributed by atoms with E-state index in [1.165, 1.54) is 5.56 Å². The first-order valence-electron chi connectivity index (χ1n) is 12.0. The van der Waals surface area contributed by atoms with Crippen molar-refractivity contribution < 1.29 is 17.9 Å². The summed E-state index contributed by atoms with van der Waals surface area (Å²) >= 11 is 0. The Morgan fingerprint density at radius 2 is 1.64 bits per heavy atom. The van der Waals surface area contributed by atoms with Gasteiger partial charge in [-0.25, -0.2) is 8.42 Å². The standard InChI is InChI=1S/C29H32N2O4S/c1-28(2)16-21-15-24(34-5)27-23(17-29(3,4)35-27)25(21)26(30-28)20-9-7-8-19(14-20)18-10-12-22(13-11-18)31-36(6,32)33/h7-15,31H,16-17H2,1-6H3. The van der Waals surface area contributed by atoms with Crippen LogP contribution in [-0.2, 0) is 22.9 Å². The van der Waals surface area contributed by atoms with Crippen LogP contribution in [0.25, 0.3) is 11.1 Å². The van der Waals surface area contributed by atoms with Crippen LogP contribution in [0, 0.1) is 0 Å². The highest BCUT2D eigenvalue weighted by atomic mass is 32.2. The monoisotopic (exact) mass is 504 g/mol. The Morgan fingerprint density at radius 3 is 2.31 bits per heavy atom. The van der Waals surface area contributed by atoms with Gasteiger partial charge in [0.25, 0.3) is 0 Å². The van der Waals surface area contributed by atoms with Crippen molar-refractivity contribution in [3.63, 3.8) is 0 Å². The van der Waals surface area contributed by atoms with E-state index in [1.807, 2.05) is 18.2 Å². The molecule has 1 N–H and O–H groups in total. The maximum Gasteiger partial charge on any atom is 0.229 e. The smallest absolute Gasteiger partial charge is 0.229 e. The average molecular weight is 505 g/mol. The van der Waals surface area contributed by atoms with Crippen LogP contribution < -0.4 is 14.2 Å². The Bertz CT molecular complexity index is 1490. The van der Waals surface area contributed by atoms with Crippen LogP contribution in [0.2, 0.25) is 0 Å². The molecule has 188 valence electrons. The van der Waals surface area contributed by atoms with Gasteiger partial charge in [-0.1, -0.05) is 30.3 Å². The fourth-order valence-electron chi connectivity index (χ4n) is 5.22. The highest BCUT2D eigenvalue weighted by Crippen LogP contribution is 2.48. The number of methoxy groups -OCH3 is 1. The molecule has 0 saturated carbocycles. The number of fused-ring (bicyclic) bond motifs is 3. The highest BCUT2D eigenvalue weighted by Gasteiger charge is 2.39. The SMILES string of the molecule is COc1cc2c(c3c1OC(C)(C)C3)C(c1cccc(-c3ccc(NS(C)(=O)=O)cc3)c1)=NC(C)(C)C2. The minimum absolute atomic E-state index is 0.258. The number of nitrogens with one attached hydrogen (secondary N) is 1. The molecule has 5 rings (SSSR count). The third kappa shape index (κ3) is 4.72. The largest absolute Gasteiger partial charge is 0.493 e. The number of hydrogen-bond donors (Lipinski definition) is 1. The molecule has 0 radical (unpaired) electrons. The van der Waals surface area contributed by atoms with E-state index in [0.29, 0.717) is 5.69 Å². The molecule has 7 heteroatoms. The summed E-state index contributed by atoms with van der Waals surface area (Å²) in [7, 11) is -1.62. The van der Waals surface area contributed by atoms with E-state index in [-0.39, 0.29) is 11.1 Å². The summed E-state index contributed by atoms with van der Waals surface area (Å²) in [5, 5.41) is 0. The second-order valence-electron chi connectivity index (χ2n) is 10.9. The van der Waals surface area contributed by atoms with Gasteiger partial charge in [-0.2, -0.15) is 0 Å². The molecule has 6 nitrogen and oxygen atoms in total. The van der Waals surface area contributed by atoms with E-state index in [9.17, 15) is 8.42 Å². The van der Waals surface area contributed by atoms with Crippen LogP contribution in [0.5, 0.6) is 11.5 Å². The zero-order valence-electron chi connectivity index (χ0n) is 21.6. The van der Waals surface area contributed by atoms with Crippen LogP contribution in [-0.4, -0.2) is 38.6 Å². The molecule has 2 aliphatic heterocycles. The quantitative estimate of drug-likeness (QED) is 0.489. The van der Waals surface area contributed by atoms with Gasteiger partial charge in [-0.15, -0.1) is 0 Å². The van der Waals surface area contributed by atoms with Gasteiger partial charge in [-0.3, -0.25) is 9.71 Å². The molecule has 0 aromatic heterocycles. The lowest BCUT2D eigenvalue weighted by atomic mass is 9.80. The van der Waals surface area contributed by atoms with E-state index in [0.717, 1.165) is 64.1 Å². The first kappa shape index (κ1) is 24.4. The normalized spacial score (nSPS) is 17.4. The van der Waals surface area contributed by atoms with Crippen molar-refractivity contribution >= 4 is 21.4 Å². The summed E-state index contributed by atoms with van der Waals surface area (Å²) in [4.78, 5) is 5.24. The van der Waals surface area contributed by atoms with Crippen LogP contribution in [0.4, 0.5) is 5.69 Å². The second-order valence-corrected chi connectivity index (χ2v) is 12.7. The third-order valence-corrected chi connectivity index (χ3v) is 7.17. The van der Waals surface area contributed by atoms with Gasteiger partial charge in [0.1, 0.15) is 5.60 Å². The first-order valence-corrected chi connectivity index (χ1v) is 13.9. The maximum atomic E-state index is 11.5. The summed E-state index contributed by atoms with van der Waals surface area (Å²) < 4.78 is 37.7. The summed E-state index contributed by atoms with van der Waals surface area (Å²) in [5.41, 5.74) is 7.54. The van der Waals surface area contributed by atoms with Crippen molar-refractivity contribution in [2.45, 2.75) is 51.7 Å². The number of rotatable bonds is 5. The summed E-state index contributed by atoms with van der Waals surface area (Å²) in [5.74, 6) is 1.60. The molecule has 0 saturated heterocycles. The van der Waals surface area contributed by atoms with E-state index in [4.69, 9.17) is 14.5 Å². The molecule has 3 aromatic carbocycles. The van der Waals surface area contributed by atoms with E-state index >= 15 is 0 Å². The average Bonchev–Trinajstić information content (AvgIpc) is 3.11. The van der Waals surface area contributed by atoms with Crippen molar-refractivity contribution in [1.82, 2.24) is 0 Å². The van der Waals surface area contributed by atoms with E-state index < -0.39 is 10.0 Å². The van der Waals surface area contributed by atoms with Gasteiger partial charge in [0.2, 0.25) is 10.0 Å². The molecule has 0 spiro atoms. The lowest BCUT2D eigenvalue weighted by molar-refractivity contribution is 0.134. The highest BCUT2D eigenvalue weighted by molar-refractivity contribution is 7.92.